The number of hydrogen-bond donors (Lipinski definition) is 6. The van der Waals surface area contributed by atoms with Crippen LogP contribution in [0.1, 0.15) is 68.6 Å². The van der Waals surface area contributed by atoms with Crippen LogP contribution in [0.25, 0.3) is 44.0 Å². The highest BCUT2D eigenvalue weighted by Crippen LogP contribution is 2.40. The number of carbonyl (C=O) groups is 4. The summed E-state index contributed by atoms with van der Waals surface area (Å²) in [5, 5.41) is 51.6. The van der Waals surface area contributed by atoms with Gasteiger partial charge in [-0.05, 0) is 26.3 Å². The van der Waals surface area contributed by atoms with E-state index in [0.717, 1.165) is 38.3 Å². The van der Waals surface area contributed by atoms with Gasteiger partial charge >= 0.3 is 5.97 Å². The summed E-state index contributed by atoms with van der Waals surface area (Å²) < 4.78 is 11.3. The van der Waals surface area contributed by atoms with Crippen molar-refractivity contribution >= 4 is 56.4 Å². The summed E-state index contributed by atoms with van der Waals surface area (Å²) in [5.74, 6) is -8.02. The van der Waals surface area contributed by atoms with Crippen molar-refractivity contribution in [1.82, 2.24) is 5.32 Å². The first-order valence-electron chi connectivity index (χ1n) is 13.3. The molecule has 0 aliphatic carbocycles. The minimum Gasteiger partial charge on any atom is -0.504 e. The Kier molecular flexibility index (Phi) is 7.29. The molecule has 0 aliphatic heterocycles. The van der Waals surface area contributed by atoms with Gasteiger partial charge in [0.1, 0.15) is 28.6 Å². The lowest BCUT2D eigenvalue weighted by Crippen LogP contribution is -2.26. The maximum absolute atomic E-state index is 14.1. The standard InChI is InChI=1S/C31H23NO13/c1-4-5-32-30(41)23-21-17(7-15(35)27(23)39)44-9-14(26(21)38)20-12(10(2)33)6-13-25(37)22-18(45-29(13)19(20)11(3)34)8-16(36)28(40)24(22)31(42)43/h6-9,35-36,39-40H,4-5H2,1-3H3,(H,32,41)(H,42,43). The highest BCUT2D eigenvalue weighted by atomic mass is 16.4. The smallest absolute Gasteiger partial charge is 0.340 e. The second-order valence-corrected chi connectivity index (χ2v) is 10.1. The number of Topliss-reactive ketones (excluding diaryl/α,β-unsaturated/α-hetero) is 2. The van der Waals surface area contributed by atoms with Crippen LogP contribution in [0.3, 0.4) is 0 Å². The lowest BCUT2D eigenvalue weighted by molar-refractivity contribution is 0.0694. The number of fused-ring (bicyclic) bond motifs is 3. The number of amides is 1. The van der Waals surface area contributed by atoms with Crippen molar-refractivity contribution in [2.45, 2.75) is 27.2 Å². The van der Waals surface area contributed by atoms with Crippen LogP contribution < -0.4 is 16.2 Å². The van der Waals surface area contributed by atoms with E-state index in [4.69, 9.17) is 8.83 Å². The highest BCUT2D eigenvalue weighted by molar-refractivity contribution is 6.19. The molecule has 0 aliphatic rings. The fourth-order valence-electron chi connectivity index (χ4n) is 5.21. The Labute approximate surface area is 250 Å². The molecule has 2 aromatic heterocycles. The highest BCUT2D eigenvalue weighted by Gasteiger charge is 2.31. The number of ketones is 2. The zero-order valence-electron chi connectivity index (χ0n) is 23.7. The van der Waals surface area contributed by atoms with Gasteiger partial charge in [0.05, 0.1) is 32.8 Å². The van der Waals surface area contributed by atoms with E-state index in [2.05, 4.69) is 5.32 Å². The second-order valence-electron chi connectivity index (χ2n) is 10.1. The fraction of sp³-hybridized carbons (Fsp3) is 0.161. The van der Waals surface area contributed by atoms with Crippen molar-refractivity contribution in [3.63, 3.8) is 0 Å². The first-order chi connectivity index (χ1) is 21.2. The largest absolute Gasteiger partial charge is 0.504 e. The van der Waals surface area contributed by atoms with Crippen molar-refractivity contribution in [2.75, 3.05) is 6.54 Å². The predicted octanol–water partition coefficient (Wildman–Crippen LogP) is 3.79. The molecule has 3 aromatic carbocycles. The van der Waals surface area contributed by atoms with Gasteiger partial charge in [0.25, 0.3) is 5.91 Å². The minimum atomic E-state index is -1.78. The van der Waals surface area contributed by atoms with Gasteiger partial charge in [-0.3, -0.25) is 24.0 Å². The lowest BCUT2D eigenvalue weighted by Gasteiger charge is -2.16. The predicted molar refractivity (Wildman–Crippen MR) is 158 cm³/mol. The number of aromatic carboxylic acids is 1. The first kappa shape index (κ1) is 30.3. The molecule has 0 saturated carbocycles. The van der Waals surface area contributed by atoms with Gasteiger partial charge in [0.2, 0.25) is 10.9 Å². The second kappa shape index (κ2) is 10.8. The summed E-state index contributed by atoms with van der Waals surface area (Å²) in [6.45, 7) is 4.02. The van der Waals surface area contributed by atoms with Crippen molar-refractivity contribution in [1.29, 1.82) is 0 Å². The zero-order valence-corrected chi connectivity index (χ0v) is 23.7. The SMILES string of the molecule is CCCNC(=O)c1c(O)c(O)cc2occ(-c3c(C(C)=O)cc4c(=O)c5c(C(=O)O)c(O)c(O)cc5oc4c3C(C)=O)c(=O)c12. The molecule has 1 amide bonds. The van der Waals surface area contributed by atoms with Gasteiger partial charge in [-0.2, -0.15) is 0 Å². The number of carbonyl (C=O) groups excluding carboxylic acids is 3. The number of phenols is 4. The Bertz CT molecular complexity index is 2290. The van der Waals surface area contributed by atoms with Crippen molar-refractivity contribution in [3.8, 4) is 34.1 Å². The summed E-state index contributed by atoms with van der Waals surface area (Å²) >= 11 is 0. The number of benzene rings is 3. The van der Waals surface area contributed by atoms with Crippen LogP contribution in [0.15, 0.2) is 42.9 Å². The quantitative estimate of drug-likeness (QED) is 0.0866. The summed E-state index contributed by atoms with van der Waals surface area (Å²) in [5.41, 5.74) is -6.70. The molecule has 0 unspecified atom stereocenters. The lowest BCUT2D eigenvalue weighted by atomic mass is 9.88. The molecular weight excluding hydrogens is 594 g/mol. The maximum atomic E-state index is 14.1. The number of hydrogen-bond acceptors (Lipinski definition) is 12. The normalized spacial score (nSPS) is 11.3. The van der Waals surface area contributed by atoms with E-state index in [9.17, 15) is 54.3 Å². The van der Waals surface area contributed by atoms with Gasteiger partial charge < -0.3 is 39.7 Å². The summed E-state index contributed by atoms with van der Waals surface area (Å²) in [7, 11) is 0. The molecule has 230 valence electrons. The summed E-state index contributed by atoms with van der Waals surface area (Å²) in [6.07, 6.45) is 1.36. The Morgan fingerprint density at radius 2 is 1.40 bits per heavy atom. The Morgan fingerprint density at radius 3 is 1.98 bits per heavy atom. The zero-order chi connectivity index (χ0) is 33.1. The average Bonchev–Trinajstić information content (AvgIpc) is 2.97. The van der Waals surface area contributed by atoms with Gasteiger partial charge in [-0.15, -0.1) is 0 Å². The fourth-order valence-corrected chi connectivity index (χ4v) is 5.21. The van der Waals surface area contributed by atoms with Crippen LogP contribution in [-0.4, -0.2) is 55.5 Å². The van der Waals surface area contributed by atoms with E-state index in [1.165, 1.54) is 0 Å². The Morgan fingerprint density at radius 1 is 0.800 bits per heavy atom. The van der Waals surface area contributed by atoms with Crippen molar-refractivity contribution in [3.05, 3.63) is 67.2 Å². The summed E-state index contributed by atoms with van der Waals surface area (Å²) in [6, 6.07) is 2.64. The van der Waals surface area contributed by atoms with Gasteiger partial charge in [-0.1, -0.05) is 6.92 Å². The topological polar surface area (TPSA) is 242 Å². The van der Waals surface area contributed by atoms with Gasteiger partial charge in [0, 0.05) is 29.8 Å². The molecule has 0 radical (unpaired) electrons. The third kappa shape index (κ3) is 4.59. The number of carboxylic acid groups (broad SMARTS) is 1. The molecule has 5 aromatic rings. The van der Waals surface area contributed by atoms with E-state index in [1.54, 1.807) is 6.92 Å². The Hall–Kier alpha value is -6.18. The minimum absolute atomic E-state index is 0.151. The van der Waals surface area contributed by atoms with Gasteiger partial charge in [0.15, 0.2) is 34.6 Å². The van der Waals surface area contributed by atoms with Crippen LogP contribution in [0.4, 0.5) is 0 Å². The van der Waals surface area contributed by atoms with Crippen LogP contribution in [0.2, 0.25) is 0 Å². The molecular formula is C31H23NO13. The molecule has 0 fully saturated rings. The number of phenolic OH excluding ortho intramolecular Hbond substituents is 3. The molecule has 14 nitrogen and oxygen atoms in total. The maximum Gasteiger partial charge on any atom is 0.340 e. The molecule has 14 heteroatoms. The van der Waals surface area contributed by atoms with Crippen LogP contribution in [-0.2, 0) is 0 Å². The molecule has 5 rings (SSSR count). The number of carboxylic acids is 1. The Balaban J connectivity index is 2.00. The number of rotatable bonds is 7. The molecule has 0 bridgehead atoms. The molecule has 2 heterocycles. The summed E-state index contributed by atoms with van der Waals surface area (Å²) in [4.78, 5) is 78.9. The van der Waals surface area contributed by atoms with E-state index in [1.807, 2.05) is 0 Å². The van der Waals surface area contributed by atoms with E-state index >= 15 is 0 Å². The van der Waals surface area contributed by atoms with Crippen molar-refractivity contribution < 1.29 is 53.5 Å². The third-order valence-electron chi connectivity index (χ3n) is 7.20. The van der Waals surface area contributed by atoms with Crippen molar-refractivity contribution in [2.24, 2.45) is 0 Å². The molecule has 6 N–H and O–H groups in total. The number of aromatic hydroxyl groups is 4. The van der Waals surface area contributed by atoms with Gasteiger partial charge in [-0.25, -0.2) is 4.79 Å². The van der Waals surface area contributed by atoms with E-state index < -0.39 is 107 Å². The van der Waals surface area contributed by atoms with Crippen LogP contribution in [0, 0.1) is 0 Å². The van der Waals surface area contributed by atoms with Crippen LogP contribution in [0.5, 0.6) is 23.0 Å². The monoisotopic (exact) mass is 617 g/mol. The van der Waals surface area contributed by atoms with E-state index in [-0.39, 0.29) is 23.3 Å². The molecule has 0 atom stereocenters. The average molecular weight is 618 g/mol. The van der Waals surface area contributed by atoms with Crippen LogP contribution >= 0.6 is 0 Å². The number of nitrogens with one attached hydrogen (secondary N) is 1. The molecule has 0 saturated heterocycles. The molecule has 0 spiro atoms. The first-order valence-corrected chi connectivity index (χ1v) is 13.3. The van der Waals surface area contributed by atoms with E-state index in [0.29, 0.717) is 6.42 Å². The molecule has 45 heavy (non-hydrogen) atoms. The third-order valence-corrected chi connectivity index (χ3v) is 7.20.